The molecule has 0 aliphatic carbocycles. The molecule has 1 aromatic heterocycles. The van der Waals surface area contributed by atoms with E-state index in [2.05, 4.69) is 10.3 Å². The van der Waals surface area contributed by atoms with Gasteiger partial charge in [0.05, 0.1) is 5.56 Å². The minimum absolute atomic E-state index is 0.120. The zero-order chi connectivity index (χ0) is 15.7. The molecular weight excluding hydrogens is 277 g/mol. The van der Waals surface area contributed by atoms with Crippen molar-refractivity contribution < 1.29 is 13.2 Å². The van der Waals surface area contributed by atoms with Crippen LogP contribution in [0, 0.1) is 0 Å². The number of alkyl halides is 3. The zero-order valence-corrected chi connectivity index (χ0v) is 12.1. The van der Waals surface area contributed by atoms with Gasteiger partial charge in [-0.25, -0.2) is 4.98 Å². The number of benzene rings is 1. The molecule has 0 aliphatic rings. The summed E-state index contributed by atoms with van der Waals surface area (Å²) in [5, 5.41) is 3.20. The molecule has 0 radical (unpaired) electrons. The number of nitrogens with one attached hydrogen (secondary N) is 1. The Kier molecular flexibility index (Phi) is 3.94. The Morgan fingerprint density at radius 2 is 1.67 bits per heavy atom. The van der Waals surface area contributed by atoms with Gasteiger partial charge < -0.3 is 5.32 Å². The molecule has 2 aromatic rings. The summed E-state index contributed by atoms with van der Waals surface area (Å²) in [4.78, 5) is 4.24. The van der Waals surface area contributed by atoms with Crippen LogP contribution < -0.4 is 5.32 Å². The van der Waals surface area contributed by atoms with Crippen LogP contribution in [0.5, 0.6) is 0 Å². The number of anilines is 1. The third kappa shape index (κ3) is 4.21. The first-order chi connectivity index (χ1) is 9.65. The van der Waals surface area contributed by atoms with Gasteiger partial charge in [-0.2, -0.15) is 13.2 Å². The first kappa shape index (κ1) is 15.4. The molecule has 1 aromatic carbocycles. The maximum absolute atomic E-state index is 12.7. The molecule has 0 bridgehead atoms. The summed E-state index contributed by atoms with van der Waals surface area (Å²) >= 11 is 0. The van der Waals surface area contributed by atoms with E-state index < -0.39 is 11.7 Å². The Morgan fingerprint density at radius 1 is 0.952 bits per heavy atom. The van der Waals surface area contributed by atoms with Crippen molar-refractivity contribution in [2.24, 2.45) is 0 Å². The number of aromatic nitrogens is 1. The molecule has 0 spiro atoms. The number of nitrogens with zero attached hydrogens (tertiary/aromatic N) is 1. The van der Waals surface area contributed by atoms with Crippen LogP contribution in [0.2, 0.25) is 0 Å². The predicted octanol–water partition coefficient (Wildman–Crippen LogP) is 4.98. The second-order valence-electron chi connectivity index (χ2n) is 5.89. The highest BCUT2D eigenvalue weighted by Gasteiger charge is 2.30. The van der Waals surface area contributed by atoms with Crippen LogP contribution in [0.3, 0.4) is 0 Å². The first-order valence-corrected chi connectivity index (χ1v) is 6.57. The monoisotopic (exact) mass is 294 g/mol. The van der Waals surface area contributed by atoms with Crippen molar-refractivity contribution in [1.29, 1.82) is 0 Å². The van der Waals surface area contributed by atoms with Gasteiger partial charge in [0.25, 0.3) is 0 Å². The fourth-order valence-corrected chi connectivity index (χ4v) is 1.90. The van der Waals surface area contributed by atoms with Gasteiger partial charge in [0.15, 0.2) is 0 Å². The molecule has 2 nitrogen and oxygen atoms in total. The van der Waals surface area contributed by atoms with Crippen molar-refractivity contribution in [1.82, 2.24) is 4.98 Å². The van der Waals surface area contributed by atoms with Crippen LogP contribution in [0.25, 0.3) is 11.1 Å². The average molecular weight is 294 g/mol. The van der Waals surface area contributed by atoms with Crippen molar-refractivity contribution in [2.75, 3.05) is 5.32 Å². The maximum Gasteiger partial charge on any atom is 0.416 e. The largest absolute Gasteiger partial charge is 0.416 e. The van der Waals surface area contributed by atoms with E-state index in [1.807, 2.05) is 20.8 Å². The Morgan fingerprint density at radius 3 is 2.19 bits per heavy atom. The van der Waals surface area contributed by atoms with Crippen LogP contribution in [0.1, 0.15) is 26.3 Å². The van der Waals surface area contributed by atoms with Crippen LogP contribution >= 0.6 is 0 Å². The third-order valence-electron chi connectivity index (χ3n) is 2.79. The van der Waals surface area contributed by atoms with Crippen LogP contribution in [0.15, 0.2) is 42.6 Å². The van der Waals surface area contributed by atoms with Crippen molar-refractivity contribution in [3.63, 3.8) is 0 Å². The molecule has 0 fully saturated rings. The fourth-order valence-electron chi connectivity index (χ4n) is 1.90. The summed E-state index contributed by atoms with van der Waals surface area (Å²) in [5.74, 6) is 0.693. The summed E-state index contributed by atoms with van der Waals surface area (Å²) in [7, 11) is 0. The molecule has 0 atom stereocenters. The molecule has 0 aliphatic heterocycles. The summed E-state index contributed by atoms with van der Waals surface area (Å²) < 4.78 is 38.1. The van der Waals surface area contributed by atoms with Crippen LogP contribution in [-0.2, 0) is 6.18 Å². The lowest BCUT2D eigenvalue weighted by Crippen LogP contribution is -2.26. The Bertz CT molecular complexity index is 611. The lowest BCUT2D eigenvalue weighted by molar-refractivity contribution is -0.137. The van der Waals surface area contributed by atoms with Crippen molar-refractivity contribution in [2.45, 2.75) is 32.5 Å². The molecule has 0 saturated heterocycles. The molecular formula is C16H17F3N2. The lowest BCUT2D eigenvalue weighted by Gasteiger charge is -2.21. The first-order valence-electron chi connectivity index (χ1n) is 6.57. The molecule has 0 amide bonds. The van der Waals surface area contributed by atoms with E-state index in [0.29, 0.717) is 16.9 Å². The van der Waals surface area contributed by atoms with Gasteiger partial charge in [-0.1, -0.05) is 12.1 Å². The van der Waals surface area contributed by atoms with Gasteiger partial charge in [-0.3, -0.25) is 0 Å². The van der Waals surface area contributed by atoms with E-state index >= 15 is 0 Å². The topological polar surface area (TPSA) is 24.9 Å². The fraction of sp³-hybridized carbons (Fsp3) is 0.312. The van der Waals surface area contributed by atoms with E-state index in [-0.39, 0.29) is 5.54 Å². The van der Waals surface area contributed by atoms with E-state index in [0.717, 1.165) is 12.1 Å². The summed E-state index contributed by atoms with van der Waals surface area (Å²) in [6.45, 7) is 6.03. The van der Waals surface area contributed by atoms with Gasteiger partial charge >= 0.3 is 6.18 Å². The van der Waals surface area contributed by atoms with Gasteiger partial charge in [0, 0.05) is 17.3 Å². The highest BCUT2D eigenvalue weighted by atomic mass is 19.4. The van der Waals surface area contributed by atoms with Gasteiger partial charge in [-0.15, -0.1) is 0 Å². The van der Waals surface area contributed by atoms with E-state index in [9.17, 15) is 13.2 Å². The molecule has 1 heterocycles. The van der Waals surface area contributed by atoms with Crippen molar-refractivity contribution in [3.05, 3.63) is 48.2 Å². The molecule has 1 N–H and O–H groups in total. The summed E-state index contributed by atoms with van der Waals surface area (Å²) in [6, 6.07) is 8.76. The second kappa shape index (κ2) is 5.39. The number of pyridine rings is 1. The number of hydrogen-bond donors (Lipinski definition) is 1. The SMILES string of the molecule is CC(C)(C)Nc1ccc(-c2cccc(C(F)(F)F)c2)cn1. The number of halogens is 3. The molecule has 21 heavy (non-hydrogen) atoms. The zero-order valence-electron chi connectivity index (χ0n) is 12.1. The summed E-state index contributed by atoms with van der Waals surface area (Å²) in [6.07, 6.45) is -2.76. The number of rotatable bonds is 2. The Balaban J connectivity index is 2.27. The van der Waals surface area contributed by atoms with Gasteiger partial charge in [-0.05, 0) is 50.6 Å². The Labute approximate surface area is 122 Å². The summed E-state index contributed by atoms with van der Waals surface area (Å²) in [5.41, 5.74) is 0.377. The quantitative estimate of drug-likeness (QED) is 0.845. The predicted molar refractivity (Wildman–Crippen MR) is 78.1 cm³/mol. The smallest absolute Gasteiger partial charge is 0.365 e. The third-order valence-corrected chi connectivity index (χ3v) is 2.79. The van der Waals surface area contributed by atoms with Crippen LogP contribution in [0.4, 0.5) is 19.0 Å². The van der Waals surface area contributed by atoms with Crippen LogP contribution in [-0.4, -0.2) is 10.5 Å². The molecule has 2 rings (SSSR count). The minimum Gasteiger partial charge on any atom is -0.365 e. The second-order valence-corrected chi connectivity index (χ2v) is 5.89. The standard InChI is InChI=1S/C16H17F3N2/c1-15(2,3)21-14-8-7-12(10-20-14)11-5-4-6-13(9-11)16(17,18)19/h4-10H,1-3H3,(H,20,21). The van der Waals surface area contributed by atoms with E-state index in [4.69, 9.17) is 0 Å². The average Bonchev–Trinajstić information content (AvgIpc) is 2.37. The van der Waals surface area contributed by atoms with Crippen molar-refractivity contribution >= 4 is 5.82 Å². The van der Waals surface area contributed by atoms with Gasteiger partial charge in [0.2, 0.25) is 0 Å². The molecule has 0 unspecified atom stereocenters. The Hall–Kier alpha value is -2.04. The normalized spacial score (nSPS) is 12.3. The molecule has 0 saturated carbocycles. The maximum atomic E-state index is 12.7. The van der Waals surface area contributed by atoms with Crippen molar-refractivity contribution in [3.8, 4) is 11.1 Å². The van der Waals surface area contributed by atoms with E-state index in [1.54, 1.807) is 24.4 Å². The molecule has 112 valence electrons. The number of hydrogen-bond acceptors (Lipinski definition) is 2. The highest BCUT2D eigenvalue weighted by Crippen LogP contribution is 2.32. The molecule has 5 heteroatoms. The highest BCUT2D eigenvalue weighted by molar-refractivity contribution is 5.64. The van der Waals surface area contributed by atoms with Gasteiger partial charge in [0.1, 0.15) is 5.82 Å². The minimum atomic E-state index is -4.34. The lowest BCUT2D eigenvalue weighted by atomic mass is 10.0. The van der Waals surface area contributed by atoms with E-state index in [1.165, 1.54) is 6.07 Å².